The predicted octanol–water partition coefficient (Wildman–Crippen LogP) is 1.29. The first-order chi connectivity index (χ1) is 10.9. The van der Waals surface area contributed by atoms with E-state index in [1.807, 2.05) is 0 Å². The van der Waals surface area contributed by atoms with Crippen molar-refractivity contribution in [3.63, 3.8) is 0 Å². The number of Topliss-reactive ketones (excluding diaryl/α,β-unsaturated/α-hetero) is 1. The molecule has 7 nitrogen and oxygen atoms in total. The largest absolute Gasteiger partial charge is 0.465 e. The van der Waals surface area contributed by atoms with Gasteiger partial charge in [0.15, 0.2) is 5.78 Å². The molecule has 0 N–H and O–H groups in total. The maximum absolute atomic E-state index is 12.6. The van der Waals surface area contributed by atoms with Gasteiger partial charge >= 0.3 is 5.97 Å². The van der Waals surface area contributed by atoms with E-state index in [9.17, 15) is 19.2 Å². The third kappa shape index (κ3) is 3.22. The van der Waals surface area contributed by atoms with Gasteiger partial charge in [-0.15, -0.1) is 11.3 Å². The van der Waals surface area contributed by atoms with Gasteiger partial charge in [-0.1, -0.05) is 0 Å². The minimum absolute atomic E-state index is 0.0127. The average Bonchev–Trinajstić information content (AvgIpc) is 2.97. The number of rotatable bonds is 5. The Balaban J connectivity index is 2.41. The monoisotopic (exact) mass is 337 g/mol. The minimum atomic E-state index is -0.616. The van der Waals surface area contributed by atoms with Gasteiger partial charge in [0.25, 0.3) is 0 Å². The van der Waals surface area contributed by atoms with E-state index < -0.39 is 17.5 Å². The zero-order valence-electron chi connectivity index (χ0n) is 12.9. The highest BCUT2D eigenvalue weighted by Crippen LogP contribution is 2.31. The van der Waals surface area contributed by atoms with E-state index in [4.69, 9.17) is 4.74 Å². The highest BCUT2D eigenvalue weighted by atomic mass is 32.1. The molecule has 0 bridgehead atoms. The summed E-state index contributed by atoms with van der Waals surface area (Å²) in [6.45, 7) is 1.68. The molecule has 0 aliphatic heterocycles. The van der Waals surface area contributed by atoms with Crippen molar-refractivity contribution >= 4 is 34.8 Å². The maximum atomic E-state index is 12.6. The number of thiophene rings is 1. The summed E-state index contributed by atoms with van der Waals surface area (Å²) in [5, 5.41) is 0. The number of carbonyl (C=O) groups is 4. The molecule has 0 atom stereocenters. The molecule has 8 heteroatoms. The van der Waals surface area contributed by atoms with E-state index in [1.54, 1.807) is 0 Å². The highest BCUT2D eigenvalue weighted by Gasteiger charge is 2.33. The molecule has 1 aliphatic rings. The molecule has 0 saturated carbocycles. The minimum Gasteiger partial charge on any atom is -0.465 e. The van der Waals surface area contributed by atoms with Gasteiger partial charge in [-0.2, -0.15) is 0 Å². The van der Waals surface area contributed by atoms with Crippen molar-refractivity contribution in [3.05, 3.63) is 33.2 Å². The number of methoxy groups -OCH3 is 2. The van der Waals surface area contributed by atoms with Gasteiger partial charge in [-0.3, -0.25) is 14.4 Å². The molecule has 2 rings (SSSR count). The zero-order chi connectivity index (χ0) is 17.1. The second-order valence-corrected chi connectivity index (χ2v) is 5.78. The maximum Gasteiger partial charge on any atom is 0.348 e. The summed E-state index contributed by atoms with van der Waals surface area (Å²) >= 11 is 0.902. The Morgan fingerprint density at radius 1 is 1.26 bits per heavy atom. The molecule has 1 amide bonds. The van der Waals surface area contributed by atoms with Crippen molar-refractivity contribution < 1.29 is 28.7 Å². The Morgan fingerprint density at radius 3 is 2.52 bits per heavy atom. The smallest absolute Gasteiger partial charge is 0.348 e. The summed E-state index contributed by atoms with van der Waals surface area (Å²) in [4.78, 5) is 49.7. The van der Waals surface area contributed by atoms with Crippen molar-refractivity contribution in [2.75, 3.05) is 27.4 Å². The molecule has 1 aromatic rings. The van der Waals surface area contributed by atoms with Crippen molar-refractivity contribution in [1.82, 2.24) is 4.90 Å². The molecule has 1 aliphatic carbocycles. The lowest BCUT2D eigenvalue weighted by Gasteiger charge is -2.24. The van der Waals surface area contributed by atoms with Crippen LogP contribution < -0.4 is 0 Å². The van der Waals surface area contributed by atoms with Gasteiger partial charge in [0, 0.05) is 32.2 Å². The molecule has 0 aromatic carbocycles. The van der Waals surface area contributed by atoms with E-state index in [0.717, 1.165) is 17.4 Å². The molecule has 0 spiro atoms. The molecule has 0 fully saturated rings. The Hall–Kier alpha value is -2.32. The van der Waals surface area contributed by atoms with E-state index in [-0.39, 0.29) is 40.1 Å². The Kier molecular flexibility index (Phi) is 5.07. The standard InChI is InChI=1S/C15H15NO6S/c1-8(17)16(4-5-21-2)10-7-11(18)14-9(13(10)19)6-12(23-14)15(20)22-3/h6-7H,4-5H2,1-3H3. The number of carbonyl (C=O) groups excluding carboxylic acids is 4. The van der Waals surface area contributed by atoms with Crippen LogP contribution in [0.4, 0.5) is 0 Å². The quantitative estimate of drug-likeness (QED) is 0.752. The lowest BCUT2D eigenvalue weighted by Crippen LogP contribution is -2.36. The number of esters is 1. The Labute approximate surface area is 136 Å². The fourth-order valence-electron chi connectivity index (χ4n) is 2.17. The first-order valence-corrected chi connectivity index (χ1v) is 7.52. The number of hydrogen-bond donors (Lipinski definition) is 0. The summed E-state index contributed by atoms with van der Waals surface area (Å²) < 4.78 is 9.52. The van der Waals surface area contributed by atoms with Crippen molar-refractivity contribution in [3.8, 4) is 0 Å². The third-order valence-electron chi connectivity index (χ3n) is 3.28. The Morgan fingerprint density at radius 2 is 1.96 bits per heavy atom. The van der Waals surface area contributed by atoms with Crippen LogP contribution >= 0.6 is 11.3 Å². The van der Waals surface area contributed by atoms with E-state index in [1.165, 1.54) is 32.1 Å². The van der Waals surface area contributed by atoms with E-state index in [0.29, 0.717) is 0 Å². The highest BCUT2D eigenvalue weighted by molar-refractivity contribution is 7.16. The number of hydrogen-bond acceptors (Lipinski definition) is 7. The lowest BCUT2D eigenvalue weighted by atomic mass is 9.99. The van der Waals surface area contributed by atoms with E-state index >= 15 is 0 Å². The number of amides is 1. The normalized spacial score (nSPS) is 13.4. The van der Waals surface area contributed by atoms with Gasteiger partial charge in [0.2, 0.25) is 11.7 Å². The van der Waals surface area contributed by atoms with Crippen molar-refractivity contribution in [2.24, 2.45) is 0 Å². The number of ketones is 2. The molecule has 1 aromatic heterocycles. The van der Waals surface area contributed by atoms with Gasteiger partial charge < -0.3 is 14.4 Å². The zero-order valence-corrected chi connectivity index (χ0v) is 13.7. The molecule has 122 valence electrons. The topological polar surface area (TPSA) is 90.0 Å². The lowest BCUT2D eigenvalue weighted by molar-refractivity contribution is -0.127. The van der Waals surface area contributed by atoms with Gasteiger partial charge in [-0.25, -0.2) is 4.79 Å². The van der Waals surface area contributed by atoms with E-state index in [2.05, 4.69) is 4.74 Å². The van der Waals surface area contributed by atoms with Gasteiger partial charge in [0.05, 0.1) is 24.3 Å². The summed E-state index contributed by atoms with van der Waals surface area (Å²) in [6, 6.07) is 1.33. The molecule has 0 radical (unpaired) electrons. The van der Waals surface area contributed by atoms with Gasteiger partial charge in [-0.05, 0) is 6.07 Å². The molecule has 1 heterocycles. The van der Waals surface area contributed by atoms with Crippen molar-refractivity contribution in [2.45, 2.75) is 6.92 Å². The predicted molar refractivity (Wildman–Crippen MR) is 81.7 cm³/mol. The van der Waals surface area contributed by atoms with Crippen LogP contribution in [0.5, 0.6) is 0 Å². The van der Waals surface area contributed by atoms with Crippen LogP contribution in [0.2, 0.25) is 0 Å². The van der Waals surface area contributed by atoms with Crippen LogP contribution in [0, 0.1) is 0 Å². The third-order valence-corrected chi connectivity index (χ3v) is 4.41. The van der Waals surface area contributed by atoms with Crippen molar-refractivity contribution in [1.29, 1.82) is 0 Å². The molecular formula is C15H15NO6S. The Bertz CT molecular complexity index is 718. The first-order valence-electron chi connectivity index (χ1n) is 6.70. The van der Waals surface area contributed by atoms with Crippen LogP contribution in [-0.2, 0) is 14.3 Å². The van der Waals surface area contributed by atoms with Crippen LogP contribution in [0.25, 0.3) is 0 Å². The summed E-state index contributed by atoms with van der Waals surface area (Å²) in [7, 11) is 2.69. The summed E-state index contributed by atoms with van der Waals surface area (Å²) in [5.74, 6) is -1.88. The molecule has 0 unspecified atom stereocenters. The fraction of sp³-hybridized carbons (Fsp3) is 0.333. The molecule has 23 heavy (non-hydrogen) atoms. The second kappa shape index (κ2) is 6.84. The van der Waals surface area contributed by atoms with Crippen LogP contribution in [0.1, 0.15) is 36.6 Å². The molecule has 0 saturated heterocycles. The van der Waals surface area contributed by atoms with Crippen LogP contribution in [0.15, 0.2) is 17.8 Å². The number of nitrogens with zero attached hydrogens (tertiary/aromatic N) is 1. The van der Waals surface area contributed by atoms with Gasteiger partial charge in [0.1, 0.15) is 4.88 Å². The summed E-state index contributed by atoms with van der Waals surface area (Å²) in [6.07, 6.45) is 1.12. The first kappa shape index (κ1) is 17.0. The fourth-order valence-corrected chi connectivity index (χ4v) is 3.15. The number of fused-ring (bicyclic) bond motifs is 1. The number of allylic oxidation sites excluding steroid dienone is 2. The second-order valence-electron chi connectivity index (χ2n) is 4.73. The van der Waals surface area contributed by atoms with Crippen LogP contribution in [0.3, 0.4) is 0 Å². The van der Waals surface area contributed by atoms with Crippen LogP contribution in [-0.4, -0.2) is 55.7 Å². The number of ether oxygens (including phenoxy) is 2. The summed E-state index contributed by atoms with van der Waals surface area (Å²) in [5.41, 5.74) is 0.0998. The average molecular weight is 337 g/mol. The molecular weight excluding hydrogens is 322 g/mol. The SMILES string of the molecule is COCCN(C(C)=O)C1=CC(=O)c2sc(C(=O)OC)cc2C1=O.